The van der Waals surface area contributed by atoms with E-state index in [1.54, 1.807) is 36.4 Å². The van der Waals surface area contributed by atoms with Gasteiger partial charge in [0.15, 0.2) is 5.75 Å². The minimum absolute atomic E-state index is 0.0479. The molecule has 36 heavy (non-hydrogen) atoms. The number of carbonyl (C=O) groups excluding carboxylic acids is 1. The first-order chi connectivity index (χ1) is 17.4. The van der Waals surface area contributed by atoms with Crippen LogP contribution in [0.5, 0.6) is 17.2 Å². The van der Waals surface area contributed by atoms with Crippen LogP contribution in [0, 0.1) is 5.82 Å². The van der Waals surface area contributed by atoms with Crippen LogP contribution in [0.1, 0.15) is 0 Å². The number of para-hydroxylation sites is 3. The Morgan fingerprint density at radius 2 is 1.47 bits per heavy atom. The first kappa shape index (κ1) is 24.7. The highest BCUT2D eigenvalue weighted by Gasteiger charge is 2.27. The van der Waals surface area contributed by atoms with Crippen LogP contribution < -0.4 is 19.1 Å². The first-order valence-electron chi connectivity index (χ1n) is 10.9. The Morgan fingerprint density at radius 1 is 0.833 bits per heavy atom. The van der Waals surface area contributed by atoms with Crippen LogP contribution in [0.25, 0.3) is 0 Å². The average Bonchev–Trinajstić information content (AvgIpc) is 2.89. The number of hydrogen-bond donors (Lipinski definition) is 1. The summed E-state index contributed by atoms with van der Waals surface area (Å²) in [6.45, 7) is -0.556. The maximum absolute atomic E-state index is 13.6. The van der Waals surface area contributed by atoms with Crippen molar-refractivity contribution in [2.24, 2.45) is 0 Å². The molecule has 0 fully saturated rings. The van der Waals surface area contributed by atoms with Gasteiger partial charge >= 0.3 is 0 Å². The lowest BCUT2D eigenvalue weighted by Crippen LogP contribution is -2.38. The number of hydrogen-bond acceptors (Lipinski definition) is 5. The maximum atomic E-state index is 13.6. The van der Waals surface area contributed by atoms with E-state index in [1.165, 1.54) is 43.5 Å². The average molecular weight is 507 g/mol. The van der Waals surface area contributed by atoms with Gasteiger partial charge in [-0.25, -0.2) is 12.8 Å². The summed E-state index contributed by atoms with van der Waals surface area (Å²) in [5.41, 5.74) is 0.503. The highest BCUT2D eigenvalue weighted by atomic mass is 32.2. The fraction of sp³-hybridized carbons (Fsp3) is 0.0741. The Bertz CT molecular complexity index is 1430. The van der Waals surface area contributed by atoms with E-state index in [9.17, 15) is 17.6 Å². The molecule has 0 aliphatic rings. The number of nitrogens with zero attached hydrogens (tertiary/aromatic N) is 1. The highest BCUT2D eigenvalue weighted by molar-refractivity contribution is 7.92. The number of methoxy groups -OCH3 is 1. The molecule has 7 nitrogen and oxygen atoms in total. The zero-order valence-corrected chi connectivity index (χ0v) is 20.1. The smallest absolute Gasteiger partial charge is 0.264 e. The summed E-state index contributed by atoms with van der Waals surface area (Å²) >= 11 is 0. The van der Waals surface area contributed by atoms with Crippen molar-refractivity contribution in [3.05, 3.63) is 109 Å². The van der Waals surface area contributed by atoms with Crippen LogP contribution >= 0.6 is 0 Å². The van der Waals surface area contributed by atoms with Gasteiger partial charge in [0.1, 0.15) is 23.9 Å². The summed E-state index contributed by atoms with van der Waals surface area (Å²) in [5.74, 6) is 0.310. The lowest BCUT2D eigenvalue weighted by atomic mass is 10.2. The largest absolute Gasteiger partial charge is 0.497 e. The third-order valence-corrected chi connectivity index (χ3v) is 6.97. The molecule has 0 aliphatic carbocycles. The molecule has 0 atom stereocenters. The van der Waals surface area contributed by atoms with Crippen molar-refractivity contribution in [2.45, 2.75) is 4.90 Å². The third kappa shape index (κ3) is 5.81. The number of ether oxygens (including phenoxy) is 2. The predicted octanol–water partition coefficient (Wildman–Crippen LogP) is 5.46. The van der Waals surface area contributed by atoms with Crippen LogP contribution in [0.2, 0.25) is 0 Å². The zero-order chi connectivity index (χ0) is 25.5. The second kappa shape index (κ2) is 10.9. The van der Waals surface area contributed by atoms with Crippen LogP contribution in [-0.2, 0) is 14.8 Å². The molecule has 0 radical (unpaired) electrons. The molecule has 9 heteroatoms. The van der Waals surface area contributed by atoms with Gasteiger partial charge in [0.05, 0.1) is 23.4 Å². The Balaban J connectivity index is 1.61. The van der Waals surface area contributed by atoms with E-state index >= 15 is 0 Å². The minimum Gasteiger partial charge on any atom is -0.497 e. The van der Waals surface area contributed by atoms with E-state index < -0.39 is 28.3 Å². The number of carbonyl (C=O) groups is 1. The molecule has 0 spiro atoms. The topological polar surface area (TPSA) is 84.9 Å². The van der Waals surface area contributed by atoms with E-state index in [2.05, 4.69) is 5.32 Å². The molecule has 0 heterocycles. The fourth-order valence-electron chi connectivity index (χ4n) is 3.39. The van der Waals surface area contributed by atoms with Crippen LogP contribution in [0.15, 0.2) is 108 Å². The lowest BCUT2D eigenvalue weighted by molar-refractivity contribution is -0.114. The van der Waals surface area contributed by atoms with Gasteiger partial charge in [-0.15, -0.1) is 0 Å². The van der Waals surface area contributed by atoms with Crippen molar-refractivity contribution < 1.29 is 27.1 Å². The number of nitrogens with one attached hydrogen (secondary N) is 1. The Kier molecular flexibility index (Phi) is 7.50. The van der Waals surface area contributed by atoms with Crippen LogP contribution in [0.4, 0.5) is 15.8 Å². The molecule has 1 amide bonds. The second-order valence-corrected chi connectivity index (χ2v) is 9.49. The van der Waals surface area contributed by atoms with Gasteiger partial charge in [-0.3, -0.25) is 9.10 Å². The monoisotopic (exact) mass is 506 g/mol. The molecule has 4 rings (SSSR count). The SMILES string of the molecule is COc1ccc(S(=O)(=O)N(CC(=O)Nc2ccccc2Oc2ccccc2)c2ccc(F)cc2)cc1. The summed E-state index contributed by atoms with van der Waals surface area (Å²) in [5, 5.41) is 2.72. The van der Waals surface area contributed by atoms with E-state index in [0.717, 1.165) is 16.4 Å². The summed E-state index contributed by atoms with van der Waals surface area (Å²) in [6, 6.07) is 26.5. The molecule has 4 aromatic carbocycles. The van der Waals surface area contributed by atoms with E-state index in [4.69, 9.17) is 9.47 Å². The molecule has 184 valence electrons. The molecule has 1 N–H and O–H groups in total. The lowest BCUT2D eigenvalue weighted by Gasteiger charge is -2.24. The summed E-state index contributed by atoms with van der Waals surface area (Å²) in [4.78, 5) is 13.0. The number of rotatable bonds is 9. The van der Waals surface area contributed by atoms with Crippen LogP contribution in [-0.4, -0.2) is 28.0 Å². The van der Waals surface area contributed by atoms with Crippen molar-refractivity contribution in [3.8, 4) is 17.2 Å². The normalized spacial score (nSPS) is 10.9. The summed E-state index contributed by atoms with van der Waals surface area (Å²) in [7, 11) is -2.70. The molecule has 0 aromatic heterocycles. The second-order valence-electron chi connectivity index (χ2n) is 7.62. The van der Waals surface area contributed by atoms with Gasteiger partial charge in [-0.05, 0) is 72.8 Å². The number of halogens is 1. The van der Waals surface area contributed by atoms with Gasteiger partial charge in [-0.1, -0.05) is 30.3 Å². The first-order valence-corrected chi connectivity index (χ1v) is 12.3. The molecule has 0 bridgehead atoms. The van der Waals surface area contributed by atoms with Gasteiger partial charge in [-0.2, -0.15) is 0 Å². The third-order valence-electron chi connectivity index (χ3n) is 5.18. The number of benzene rings is 4. The van der Waals surface area contributed by atoms with E-state index in [-0.39, 0.29) is 10.6 Å². The number of amides is 1. The quantitative estimate of drug-likeness (QED) is 0.326. The van der Waals surface area contributed by atoms with Gasteiger partial charge in [0.25, 0.3) is 10.0 Å². The summed E-state index contributed by atoms with van der Waals surface area (Å²) < 4.78 is 52.4. The standard InChI is InChI=1S/C27H23FN2O5S/c1-34-22-15-17-24(18-16-22)36(32,33)30(21-13-11-20(28)12-14-21)19-27(31)29-25-9-5-6-10-26(25)35-23-7-3-2-4-8-23/h2-18H,19H2,1H3,(H,29,31). The molecule has 0 aliphatic heterocycles. The number of sulfonamides is 1. The molecule has 0 saturated carbocycles. The van der Waals surface area contributed by atoms with E-state index in [0.29, 0.717) is 22.9 Å². The van der Waals surface area contributed by atoms with Gasteiger partial charge in [0.2, 0.25) is 5.91 Å². The molecule has 4 aromatic rings. The zero-order valence-electron chi connectivity index (χ0n) is 19.3. The molecule has 0 saturated heterocycles. The van der Waals surface area contributed by atoms with Gasteiger partial charge in [0, 0.05) is 0 Å². The van der Waals surface area contributed by atoms with Crippen molar-refractivity contribution in [1.82, 2.24) is 0 Å². The van der Waals surface area contributed by atoms with Crippen molar-refractivity contribution >= 4 is 27.3 Å². The van der Waals surface area contributed by atoms with Gasteiger partial charge < -0.3 is 14.8 Å². The Labute approximate surface area is 208 Å². The molecular weight excluding hydrogens is 483 g/mol. The van der Waals surface area contributed by atoms with Crippen LogP contribution in [0.3, 0.4) is 0 Å². The highest BCUT2D eigenvalue weighted by Crippen LogP contribution is 2.30. The molecule has 0 unspecified atom stereocenters. The molecular formula is C27H23FN2O5S. The minimum atomic E-state index is -4.17. The Morgan fingerprint density at radius 3 is 2.14 bits per heavy atom. The van der Waals surface area contributed by atoms with E-state index in [1.807, 2.05) is 18.2 Å². The summed E-state index contributed by atoms with van der Waals surface area (Å²) in [6.07, 6.45) is 0. The van der Waals surface area contributed by atoms with Crippen molar-refractivity contribution in [3.63, 3.8) is 0 Å². The number of anilines is 2. The predicted molar refractivity (Wildman–Crippen MR) is 136 cm³/mol. The van der Waals surface area contributed by atoms with Crippen molar-refractivity contribution in [2.75, 3.05) is 23.3 Å². The van der Waals surface area contributed by atoms with Crippen molar-refractivity contribution in [1.29, 1.82) is 0 Å². The fourth-order valence-corrected chi connectivity index (χ4v) is 4.81. The maximum Gasteiger partial charge on any atom is 0.264 e. The Hall–Kier alpha value is -4.37.